The number of ketones is 1. The fourth-order valence-corrected chi connectivity index (χ4v) is 5.36. The van der Waals surface area contributed by atoms with E-state index in [0.29, 0.717) is 0 Å². The number of aromatic nitrogens is 2. The van der Waals surface area contributed by atoms with Crippen LogP contribution in [0.1, 0.15) is 38.4 Å². The van der Waals surface area contributed by atoms with E-state index < -0.39 is 10.8 Å². The van der Waals surface area contributed by atoms with Gasteiger partial charge in [0.25, 0.3) is 0 Å². The van der Waals surface area contributed by atoms with Crippen molar-refractivity contribution in [1.29, 1.82) is 5.26 Å². The Bertz CT molecular complexity index is 1050. The van der Waals surface area contributed by atoms with E-state index in [9.17, 15) is 10.1 Å². The molecule has 2 aliphatic rings. The normalized spacial score (nSPS) is 25.4. The minimum absolute atomic E-state index is 0.0510. The second kappa shape index (κ2) is 6.07. The SMILES string of the molecule is COc1cccc(-c2c3c(nn2C)[C@@]2(C)C=C(C#N)C(=O)C(C)(C)[C@@H]2CC3)c1. The van der Waals surface area contributed by atoms with Crippen LogP contribution < -0.4 is 4.74 Å². The van der Waals surface area contributed by atoms with Gasteiger partial charge < -0.3 is 4.74 Å². The Hall–Kier alpha value is -2.87. The highest BCUT2D eigenvalue weighted by Gasteiger charge is 2.55. The van der Waals surface area contributed by atoms with Crippen molar-refractivity contribution in [3.63, 3.8) is 0 Å². The summed E-state index contributed by atoms with van der Waals surface area (Å²) >= 11 is 0. The van der Waals surface area contributed by atoms with E-state index in [-0.39, 0.29) is 17.3 Å². The standard InChI is InChI=1S/C23H25N3O2/c1-22(2)18-10-9-17-19(14-7-6-8-16(11-14)28-5)26(4)25-20(17)23(18,3)12-15(13-24)21(22)27/h6-8,11-12,18H,9-10H2,1-5H3/t18-,23-/m0/s1. The molecule has 5 heteroatoms. The number of fused-ring (bicyclic) bond motifs is 3. The second-order valence-electron chi connectivity index (χ2n) is 8.63. The van der Waals surface area contributed by atoms with E-state index in [1.807, 2.05) is 49.9 Å². The van der Waals surface area contributed by atoms with Crippen LogP contribution in [-0.2, 0) is 23.7 Å². The van der Waals surface area contributed by atoms with Crippen LogP contribution in [0.25, 0.3) is 11.3 Å². The molecule has 0 spiro atoms. The number of aryl methyl sites for hydroxylation is 1. The summed E-state index contributed by atoms with van der Waals surface area (Å²) in [4.78, 5) is 12.8. The zero-order valence-electron chi connectivity index (χ0n) is 17.0. The van der Waals surface area contributed by atoms with Crippen LogP contribution in [0.4, 0.5) is 0 Å². The van der Waals surface area contributed by atoms with E-state index in [4.69, 9.17) is 9.84 Å². The molecule has 0 unspecified atom stereocenters. The van der Waals surface area contributed by atoms with Crippen molar-refractivity contribution in [1.82, 2.24) is 9.78 Å². The van der Waals surface area contributed by atoms with Gasteiger partial charge >= 0.3 is 0 Å². The van der Waals surface area contributed by atoms with Crippen LogP contribution in [0.2, 0.25) is 0 Å². The number of hydrogen-bond donors (Lipinski definition) is 0. The first kappa shape index (κ1) is 18.5. The minimum atomic E-state index is -0.583. The predicted molar refractivity (Wildman–Crippen MR) is 107 cm³/mol. The quantitative estimate of drug-likeness (QED) is 0.796. The van der Waals surface area contributed by atoms with Gasteiger partial charge in [-0.3, -0.25) is 9.48 Å². The number of Topliss-reactive ketones (excluding diaryl/α,β-unsaturated/α-hetero) is 1. The van der Waals surface area contributed by atoms with Crippen LogP contribution in [0, 0.1) is 22.7 Å². The van der Waals surface area contributed by atoms with E-state index >= 15 is 0 Å². The van der Waals surface area contributed by atoms with Crippen molar-refractivity contribution < 1.29 is 9.53 Å². The van der Waals surface area contributed by atoms with Crippen LogP contribution in [-0.4, -0.2) is 22.7 Å². The fourth-order valence-electron chi connectivity index (χ4n) is 5.36. The minimum Gasteiger partial charge on any atom is -0.497 e. The molecule has 4 rings (SSSR count). The topological polar surface area (TPSA) is 67.9 Å². The Morgan fingerprint density at radius 2 is 2.07 bits per heavy atom. The lowest BCUT2D eigenvalue weighted by Crippen LogP contribution is -2.51. The lowest BCUT2D eigenvalue weighted by atomic mass is 9.52. The Morgan fingerprint density at radius 3 is 2.75 bits per heavy atom. The second-order valence-corrected chi connectivity index (χ2v) is 8.63. The molecule has 5 nitrogen and oxygen atoms in total. The Labute approximate surface area is 165 Å². The lowest BCUT2D eigenvalue weighted by Gasteiger charge is -2.49. The number of benzene rings is 1. The zero-order chi connectivity index (χ0) is 20.3. The summed E-state index contributed by atoms with van der Waals surface area (Å²) < 4.78 is 7.32. The van der Waals surface area contributed by atoms with Crippen molar-refractivity contribution in [2.45, 2.75) is 39.0 Å². The summed E-state index contributed by atoms with van der Waals surface area (Å²) in [5.74, 6) is 0.874. The number of hydrogen-bond acceptors (Lipinski definition) is 4. The van der Waals surface area contributed by atoms with Gasteiger partial charge in [-0.2, -0.15) is 10.4 Å². The molecule has 1 aromatic heterocycles. The van der Waals surface area contributed by atoms with Crippen molar-refractivity contribution in [2.24, 2.45) is 18.4 Å². The molecular weight excluding hydrogens is 350 g/mol. The average molecular weight is 375 g/mol. The summed E-state index contributed by atoms with van der Waals surface area (Å²) in [5, 5.41) is 14.5. The van der Waals surface area contributed by atoms with Gasteiger partial charge in [0.1, 0.15) is 11.8 Å². The Kier molecular flexibility index (Phi) is 4.01. The molecule has 28 heavy (non-hydrogen) atoms. The largest absolute Gasteiger partial charge is 0.497 e. The molecule has 0 radical (unpaired) electrons. The Balaban J connectivity index is 1.94. The predicted octanol–water partition coefficient (Wildman–Crippen LogP) is 3.97. The fraction of sp³-hybridized carbons (Fsp3) is 0.435. The van der Waals surface area contributed by atoms with Crippen LogP contribution >= 0.6 is 0 Å². The molecular formula is C23H25N3O2. The molecule has 0 aliphatic heterocycles. The molecule has 0 saturated carbocycles. The third kappa shape index (κ3) is 2.37. The highest BCUT2D eigenvalue weighted by Crippen LogP contribution is 2.55. The zero-order valence-corrected chi connectivity index (χ0v) is 17.0. The first-order valence-electron chi connectivity index (χ1n) is 9.62. The van der Waals surface area contributed by atoms with Crippen molar-refractivity contribution >= 4 is 5.78 Å². The maximum absolute atomic E-state index is 12.8. The van der Waals surface area contributed by atoms with Gasteiger partial charge in [0.05, 0.1) is 24.1 Å². The van der Waals surface area contributed by atoms with Crippen LogP contribution in [0.3, 0.4) is 0 Å². The smallest absolute Gasteiger partial charge is 0.178 e. The van der Waals surface area contributed by atoms with Crippen molar-refractivity contribution in [2.75, 3.05) is 7.11 Å². The summed E-state index contributed by atoms with van der Waals surface area (Å²) in [6.07, 6.45) is 3.62. The van der Waals surface area contributed by atoms with Crippen LogP contribution in [0.15, 0.2) is 35.9 Å². The third-order valence-electron chi connectivity index (χ3n) is 6.67. The number of ether oxygens (including phenoxy) is 1. The lowest BCUT2D eigenvalue weighted by molar-refractivity contribution is -0.128. The molecule has 0 amide bonds. The summed E-state index contributed by atoms with van der Waals surface area (Å²) in [7, 11) is 3.62. The molecule has 2 aromatic rings. The highest BCUT2D eigenvalue weighted by molar-refractivity contribution is 6.04. The summed E-state index contributed by atoms with van der Waals surface area (Å²) in [6.45, 7) is 6.07. The van der Waals surface area contributed by atoms with E-state index in [2.05, 4.69) is 19.1 Å². The van der Waals surface area contributed by atoms with E-state index in [1.54, 1.807) is 7.11 Å². The van der Waals surface area contributed by atoms with Crippen LogP contribution in [0.5, 0.6) is 5.75 Å². The maximum atomic E-state index is 12.8. The van der Waals surface area contributed by atoms with E-state index in [0.717, 1.165) is 35.5 Å². The van der Waals surface area contributed by atoms with Gasteiger partial charge in [-0.05, 0) is 30.9 Å². The molecule has 0 bridgehead atoms. The number of carbonyl (C=O) groups excluding carboxylic acids is 1. The highest BCUT2D eigenvalue weighted by atomic mass is 16.5. The molecule has 0 saturated heterocycles. The van der Waals surface area contributed by atoms with Gasteiger partial charge in [-0.25, -0.2) is 0 Å². The molecule has 0 fully saturated rings. The van der Waals surface area contributed by atoms with Gasteiger partial charge in [-0.1, -0.05) is 39.0 Å². The van der Waals surface area contributed by atoms with Gasteiger partial charge in [0.2, 0.25) is 0 Å². The van der Waals surface area contributed by atoms with E-state index in [1.165, 1.54) is 5.56 Å². The maximum Gasteiger partial charge on any atom is 0.178 e. The third-order valence-corrected chi connectivity index (χ3v) is 6.67. The number of carbonyl (C=O) groups is 1. The first-order chi connectivity index (χ1) is 13.2. The molecule has 2 aliphatic carbocycles. The number of nitrogens with zero attached hydrogens (tertiary/aromatic N) is 3. The molecule has 144 valence electrons. The molecule has 1 aromatic carbocycles. The average Bonchev–Trinajstić information content (AvgIpc) is 3.02. The monoisotopic (exact) mass is 375 g/mol. The number of rotatable bonds is 2. The molecule has 2 atom stereocenters. The van der Waals surface area contributed by atoms with Gasteiger partial charge in [-0.15, -0.1) is 0 Å². The number of allylic oxidation sites excluding steroid dienone is 2. The van der Waals surface area contributed by atoms with Crippen molar-refractivity contribution in [3.8, 4) is 23.1 Å². The first-order valence-corrected chi connectivity index (χ1v) is 9.62. The van der Waals surface area contributed by atoms with Gasteiger partial charge in [0, 0.05) is 29.0 Å². The number of nitriles is 1. The van der Waals surface area contributed by atoms with Gasteiger partial charge in [0.15, 0.2) is 5.78 Å². The summed E-state index contributed by atoms with van der Waals surface area (Å²) in [6, 6.07) is 10.1. The molecule has 1 heterocycles. The number of methoxy groups -OCH3 is 1. The summed E-state index contributed by atoms with van der Waals surface area (Å²) in [5.41, 5.74) is 3.56. The molecule has 0 N–H and O–H groups in total. The Morgan fingerprint density at radius 1 is 1.32 bits per heavy atom. The van der Waals surface area contributed by atoms with Crippen molar-refractivity contribution in [3.05, 3.63) is 47.2 Å².